The highest BCUT2D eigenvalue weighted by Gasteiger charge is 2.42. The van der Waals surface area contributed by atoms with Gasteiger partial charge in [-0.15, -0.1) is 0 Å². The number of fused-ring (bicyclic) bond motifs is 1. The van der Waals surface area contributed by atoms with E-state index in [1.807, 2.05) is 36.4 Å². The topological polar surface area (TPSA) is 57.5 Å². The maximum absolute atomic E-state index is 11.3. The zero-order valence-electron chi connectivity index (χ0n) is 12.8. The van der Waals surface area contributed by atoms with E-state index >= 15 is 0 Å². The van der Waals surface area contributed by atoms with E-state index in [0.29, 0.717) is 6.42 Å². The third-order valence-electron chi connectivity index (χ3n) is 4.80. The molecule has 22 heavy (non-hydrogen) atoms. The van der Waals surface area contributed by atoms with Crippen molar-refractivity contribution < 1.29 is 15.0 Å². The lowest BCUT2D eigenvalue weighted by Crippen LogP contribution is -2.38. The Kier molecular flexibility index (Phi) is 3.33. The minimum Gasteiger partial charge on any atom is -0.478 e. The SMILES string of the molecule is CC1(C)CCC(O)(c2ccccc2)c2cc(C(=O)O)ccc21. The molecule has 0 amide bonds. The van der Waals surface area contributed by atoms with Gasteiger partial charge in [0.25, 0.3) is 0 Å². The molecule has 0 aromatic heterocycles. The van der Waals surface area contributed by atoms with E-state index in [2.05, 4.69) is 13.8 Å². The molecule has 1 unspecified atom stereocenters. The standard InChI is InChI=1S/C19H20O3/c1-18(2)10-11-19(22,14-6-4-3-5-7-14)16-12-13(17(20)21)8-9-15(16)18/h3-9,12,22H,10-11H2,1-2H3,(H,20,21). The van der Waals surface area contributed by atoms with Gasteiger partial charge in [-0.05, 0) is 47.1 Å². The van der Waals surface area contributed by atoms with Crippen LogP contribution >= 0.6 is 0 Å². The molecule has 0 saturated heterocycles. The first-order valence-corrected chi connectivity index (χ1v) is 7.51. The number of aromatic carboxylic acids is 1. The van der Waals surface area contributed by atoms with Gasteiger partial charge in [-0.3, -0.25) is 0 Å². The van der Waals surface area contributed by atoms with Crippen molar-refractivity contribution in [3.63, 3.8) is 0 Å². The Hall–Kier alpha value is -2.13. The first kappa shape index (κ1) is 14.8. The van der Waals surface area contributed by atoms with E-state index in [-0.39, 0.29) is 11.0 Å². The molecule has 0 radical (unpaired) electrons. The number of carboxylic acid groups (broad SMARTS) is 1. The molecular formula is C19H20O3. The molecule has 3 rings (SSSR count). The van der Waals surface area contributed by atoms with Gasteiger partial charge in [0, 0.05) is 0 Å². The van der Waals surface area contributed by atoms with Crippen LogP contribution in [0.4, 0.5) is 0 Å². The molecule has 0 bridgehead atoms. The summed E-state index contributed by atoms with van der Waals surface area (Å²) in [6, 6.07) is 14.6. The second kappa shape index (κ2) is 4.96. The van der Waals surface area contributed by atoms with Crippen LogP contribution in [0, 0.1) is 0 Å². The summed E-state index contributed by atoms with van der Waals surface area (Å²) >= 11 is 0. The number of rotatable bonds is 2. The first-order chi connectivity index (χ1) is 10.3. The highest BCUT2D eigenvalue weighted by atomic mass is 16.4. The number of benzene rings is 2. The van der Waals surface area contributed by atoms with Gasteiger partial charge in [-0.25, -0.2) is 4.79 Å². The number of hydrogen-bond donors (Lipinski definition) is 2. The Morgan fingerprint density at radius 1 is 1.00 bits per heavy atom. The molecule has 1 aliphatic rings. The zero-order chi connectivity index (χ0) is 16.0. The Bertz CT molecular complexity index is 719. The summed E-state index contributed by atoms with van der Waals surface area (Å²) in [7, 11) is 0. The number of carboxylic acids is 1. The zero-order valence-corrected chi connectivity index (χ0v) is 12.8. The van der Waals surface area contributed by atoms with Gasteiger partial charge in [-0.2, -0.15) is 0 Å². The highest BCUT2D eigenvalue weighted by molar-refractivity contribution is 5.88. The normalized spacial score (nSPS) is 22.9. The van der Waals surface area contributed by atoms with Crippen molar-refractivity contribution in [2.24, 2.45) is 0 Å². The van der Waals surface area contributed by atoms with Crippen LogP contribution in [-0.2, 0) is 11.0 Å². The quantitative estimate of drug-likeness (QED) is 0.888. The fourth-order valence-electron chi connectivity index (χ4n) is 3.39. The summed E-state index contributed by atoms with van der Waals surface area (Å²) in [5.41, 5.74) is 1.57. The van der Waals surface area contributed by atoms with Crippen molar-refractivity contribution in [3.05, 3.63) is 70.8 Å². The lowest BCUT2D eigenvalue weighted by atomic mass is 9.64. The molecule has 0 heterocycles. The van der Waals surface area contributed by atoms with Crippen LogP contribution < -0.4 is 0 Å². The smallest absolute Gasteiger partial charge is 0.335 e. The Morgan fingerprint density at radius 3 is 2.32 bits per heavy atom. The molecule has 0 fully saturated rings. The summed E-state index contributed by atoms with van der Waals surface area (Å²) in [6.07, 6.45) is 1.43. The summed E-state index contributed by atoms with van der Waals surface area (Å²) in [5.74, 6) is -0.971. The summed E-state index contributed by atoms with van der Waals surface area (Å²) in [5, 5.41) is 20.6. The van der Waals surface area contributed by atoms with E-state index in [9.17, 15) is 15.0 Å². The molecule has 1 atom stereocenters. The number of carbonyl (C=O) groups is 1. The number of hydrogen-bond acceptors (Lipinski definition) is 2. The molecule has 1 aliphatic carbocycles. The minimum atomic E-state index is -1.13. The van der Waals surface area contributed by atoms with Crippen molar-refractivity contribution in [2.45, 2.75) is 37.7 Å². The fraction of sp³-hybridized carbons (Fsp3) is 0.316. The summed E-state index contributed by atoms with van der Waals surface area (Å²) in [4.78, 5) is 11.3. The Balaban J connectivity index is 2.25. The van der Waals surface area contributed by atoms with Crippen molar-refractivity contribution in [1.29, 1.82) is 0 Å². The first-order valence-electron chi connectivity index (χ1n) is 7.51. The van der Waals surface area contributed by atoms with E-state index < -0.39 is 11.6 Å². The highest BCUT2D eigenvalue weighted by Crippen LogP contribution is 2.48. The Labute approximate surface area is 130 Å². The van der Waals surface area contributed by atoms with Crippen LogP contribution in [0.5, 0.6) is 0 Å². The summed E-state index contributed by atoms with van der Waals surface area (Å²) < 4.78 is 0. The van der Waals surface area contributed by atoms with Gasteiger partial charge in [0.15, 0.2) is 0 Å². The maximum Gasteiger partial charge on any atom is 0.335 e. The van der Waals surface area contributed by atoms with Crippen molar-refractivity contribution in [3.8, 4) is 0 Å². The van der Waals surface area contributed by atoms with Crippen molar-refractivity contribution in [2.75, 3.05) is 0 Å². The average Bonchev–Trinajstić information content (AvgIpc) is 2.52. The molecule has 0 spiro atoms. The van der Waals surface area contributed by atoms with Crippen LogP contribution in [0.1, 0.15) is 53.7 Å². The second-order valence-corrected chi connectivity index (χ2v) is 6.68. The third kappa shape index (κ3) is 2.22. The molecule has 2 N–H and O–H groups in total. The molecule has 0 aliphatic heterocycles. The molecule has 2 aromatic carbocycles. The van der Waals surface area contributed by atoms with Crippen molar-refractivity contribution in [1.82, 2.24) is 0 Å². The van der Waals surface area contributed by atoms with E-state index in [4.69, 9.17) is 0 Å². The average molecular weight is 296 g/mol. The maximum atomic E-state index is 11.3. The van der Waals surface area contributed by atoms with Gasteiger partial charge in [0.05, 0.1) is 5.56 Å². The van der Waals surface area contributed by atoms with E-state index in [1.165, 1.54) is 0 Å². The van der Waals surface area contributed by atoms with Crippen LogP contribution in [0.2, 0.25) is 0 Å². The summed E-state index contributed by atoms with van der Waals surface area (Å²) in [6.45, 7) is 4.27. The molecule has 3 heteroatoms. The van der Waals surface area contributed by atoms with Gasteiger partial charge in [-0.1, -0.05) is 50.2 Å². The monoisotopic (exact) mass is 296 g/mol. The van der Waals surface area contributed by atoms with E-state index in [1.54, 1.807) is 12.1 Å². The molecule has 0 saturated carbocycles. The molecule has 3 nitrogen and oxygen atoms in total. The fourth-order valence-corrected chi connectivity index (χ4v) is 3.39. The predicted molar refractivity (Wildman–Crippen MR) is 85.1 cm³/mol. The van der Waals surface area contributed by atoms with Crippen LogP contribution in [0.3, 0.4) is 0 Å². The largest absolute Gasteiger partial charge is 0.478 e. The van der Waals surface area contributed by atoms with Crippen LogP contribution in [0.25, 0.3) is 0 Å². The molecule has 2 aromatic rings. The van der Waals surface area contributed by atoms with Gasteiger partial charge in [0.2, 0.25) is 0 Å². The molecule has 114 valence electrons. The second-order valence-electron chi connectivity index (χ2n) is 6.68. The Morgan fingerprint density at radius 2 is 1.68 bits per heavy atom. The van der Waals surface area contributed by atoms with Crippen molar-refractivity contribution >= 4 is 5.97 Å². The number of aliphatic hydroxyl groups is 1. The van der Waals surface area contributed by atoms with Crippen LogP contribution in [-0.4, -0.2) is 16.2 Å². The predicted octanol–water partition coefficient (Wildman–Crippen LogP) is 3.69. The van der Waals surface area contributed by atoms with E-state index in [0.717, 1.165) is 23.1 Å². The molecular weight excluding hydrogens is 276 g/mol. The van der Waals surface area contributed by atoms with Gasteiger partial charge >= 0.3 is 5.97 Å². The minimum absolute atomic E-state index is 0.0760. The lowest BCUT2D eigenvalue weighted by Gasteiger charge is -2.42. The van der Waals surface area contributed by atoms with Gasteiger partial charge in [0.1, 0.15) is 5.60 Å². The third-order valence-corrected chi connectivity index (χ3v) is 4.80. The van der Waals surface area contributed by atoms with Gasteiger partial charge < -0.3 is 10.2 Å². The van der Waals surface area contributed by atoms with Crippen LogP contribution in [0.15, 0.2) is 48.5 Å². The lowest BCUT2D eigenvalue weighted by molar-refractivity contribution is 0.0493.